The molecule has 0 bridgehead atoms. The van der Waals surface area contributed by atoms with Gasteiger partial charge in [-0.15, -0.1) is 0 Å². The fourth-order valence-electron chi connectivity index (χ4n) is 2.66. The Morgan fingerprint density at radius 2 is 2.12 bits per heavy atom. The second-order valence-corrected chi connectivity index (χ2v) is 5.26. The number of aliphatic hydroxyl groups is 1. The van der Waals surface area contributed by atoms with Gasteiger partial charge in [0.1, 0.15) is 0 Å². The first-order valence-electron chi connectivity index (χ1n) is 6.35. The molecule has 0 atom stereocenters. The van der Waals surface area contributed by atoms with Gasteiger partial charge in [0.05, 0.1) is 18.1 Å². The molecule has 3 N–H and O–H groups in total. The first kappa shape index (κ1) is 12.8. The zero-order valence-corrected chi connectivity index (χ0v) is 10.4. The summed E-state index contributed by atoms with van der Waals surface area (Å²) in [7, 11) is 1.64. The normalized spacial score (nSPS) is 31.6. The van der Waals surface area contributed by atoms with Crippen LogP contribution in [0.2, 0.25) is 0 Å². The molecule has 2 aliphatic rings. The van der Waals surface area contributed by atoms with E-state index in [0.717, 1.165) is 25.9 Å². The molecule has 0 spiro atoms. The Bertz CT molecular complexity index is 265. The maximum absolute atomic E-state index is 12.3. The van der Waals surface area contributed by atoms with Crippen molar-refractivity contribution in [1.82, 2.24) is 10.6 Å². The minimum atomic E-state index is -0.374. The topological polar surface area (TPSA) is 70.6 Å². The van der Waals surface area contributed by atoms with Crippen molar-refractivity contribution in [3.05, 3.63) is 0 Å². The summed E-state index contributed by atoms with van der Waals surface area (Å²) < 4.78 is 5.22. The molecule has 0 radical (unpaired) electrons. The quantitative estimate of drug-likeness (QED) is 0.630. The molecule has 1 amide bonds. The van der Waals surface area contributed by atoms with Crippen molar-refractivity contribution in [2.45, 2.75) is 37.8 Å². The first-order valence-corrected chi connectivity index (χ1v) is 6.35. The third-order valence-electron chi connectivity index (χ3n) is 3.91. The van der Waals surface area contributed by atoms with E-state index in [1.807, 2.05) is 0 Å². The average Bonchev–Trinajstić information content (AvgIpc) is 2.28. The standard InChI is InChI=1S/C12H22N2O3/c1-17-8-12(2-4-13-5-3-12)11(16)14-9-6-10(15)7-9/h9-10,13,15H,2-8H2,1H3,(H,14,16). The van der Waals surface area contributed by atoms with Gasteiger partial charge in [-0.3, -0.25) is 4.79 Å². The van der Waals surface area contributed by atoms with Crippen LogP contribution in [-0.2, 0) is 9.53 Å². The highest BCUT2D eigenvalue weighted by molar-refractivity contribution is 5.83. The number of hydrogen-bond donors (Lipinski definition) is 3. The lowest BCUT2D eigenvalue weighted by Gasteiger charge is -2.39. The zero-order chi connectivity index (χ0) is 12.3. The van der Waals surface area contributed by atoms with Crippen LogP contribution in [0.3, 0.4) is 0 Å². The molecule has 1 aliphatic carbocycles. The zero-order valence-electron chi connectivity index (χ0n) is 10.4. The van der Waals surface area contributed by atoms with Crippen LogP contribution < -0.4 is 10.6 Å². The van der Waals surface area contributed by atoms with Crippen molar-refractivity contribution in [3.8, 4) is 0 Å². The fourth-order valence-corrected chi connectivity index (χ4v) is 2.66. The van der Waals surface area contributed by atoms with Crippen LogP contribution in [-0.4, -0.2) is 50.0 Å². The van der Waals surface area contributed by atoms with Gasteiger partial charge in [0.15, 0.2) is 0 Å². The molecule has 0 aromatic rings. The van der Waals surface area contributed by atoms with E-state index in [1.165, 1.54) is 0 Å². The van der Waals surface area contributed by atoms with Crippen LogP contribution in [0.5, 0.6) is 0 Å². The Hall–Kier alpha value is -0.650. The van der Waals surface area contributed by atoms with Crippen LogP contribution >= 0.6 is 0 Å². The van der Waals surface area contributed by atoms with Gasteiger partial charge in [0.25, 0.3) is 0 Å². The summed E-state index contributed by atoms with van der Waals surface area (Å²) in [5.74, 6) is 0.0951. The number of carbonyl (C=O) groups is 1. The predicted molar refractivity (Wildman–Crippen MR) is 63.6 cm³/mol. The van der Waals surface area contributed by atoms with E-state index < -0.39 is 0 Å². The fraction of sp³-hybridized carbons (Fsp3) is 0.917. The molecular weight excluding hydrogens is 220 g/mol. The molecule has 1 heterocycles. The summed E-state index contributed by atoms with van der Waals surface area (Å²) in [6, 6.07) is 0.154. The lowest BCUT2D eigenvalue weighted by Crippen LogP contribution is -2.55. The lowest BCUT2D eigenvalue weighted by atomic mass is 9.77. The first-order chi connectivity index (χ1) is 8.16. The third kappa shape index (κ3) is 2.78. The number of nitrogens with one attached hydrogen (secondary N) is 2. The average molecular weight is 242 g/mol. The number of piperidine rings is 1. The van der Waals surface area contributed by atoms with Crippen molar-refractivity contribution < 1.29 is 14.6 Å². The number of methoxy groups -OCH3 is 1. The summed E-state index contributed by atoms with van der Waals surface area (Å²) in [6.45, 7) is 2.21. The monoisotopic (exact) mass is 242 g/mol. The molecule has 0 aromatic heterocycles. The van der Waals surface area contributed by atoms with Crippen LogP contribution in [0.15, 0.2) is 0 Å². The smallest absolute Gasteiger partial charge is 0.228 e. The highest BCUT2D eigenvalue weighted by Crippen LogP contribution is 2.31. The Balaban J connectivity index is 1.92. The molecule has 0 aromatic carbocycles. The molecule has 2 fully saturated rings. The van der Waals surface area contributed by atoms with Crippen molar-refractivity contribution in [2.24, 2.45) is 5.41 Å². The second kappa shape index (κ2) is 5.33. The van der Waals surface area contributed by atoms with Crippen molar-refractivity contribution in [2.75, 3.05) is 26.8 Å². The van der Waals surface area contributed by atoms with Crippen molar-refractivity contribution in [1.29, 1.82) is 0 Å². The highest BCUT2D eigenvalue weighted by atomic mass is 16.5. The summed E-state index contributed by atoms with van der Waals surface area (Å²) in [4.78, 5) is 12.3. The van der Waals surface area contributed by atoms with Gasteiger partial charge >= 0.3 is 0 Å². The Labute approximate surface area is 102 Å². The van der Waals surface area contributed by atoms with Crippen molar-refractivity contribution >= 4 is 5.91 Å². The van der Waals surface area contributed by atoms with Crippen LogP contribution in [0.4, 0.5) is 0 Å². The largest absolute Gasteiger partial charge is 0.393 e. The molecule has 1 aliphatic heterocycles. The maximum atomic E-state index is 12.3. The van der Waals surface area contributed by atoms with Crippen molar-refractivity contribution in [3.63, 3.8) is 0 Å². The highest BCUT2D eigenvalue weighted by Gasteiger charge is 2.41. The Morgan fingerprint density at radius 3 is 2.65 bits per heavy atom. The summed E-state index contributed by atoms with van der Waals surface area (Å²) in [5, 5.41) is 15.5. The number of amides is 1. The molecule has 98 valence electrons. The molecule has 1 saturated carbocycles. The Kier molecular flexibility index (Phi) is 4.01. The maximum Gasteiger partial charge on any atom is 0.228 e. The molecule has 1 saturated heterocycles. The van der Waals surface area contributed by atoms with Gasteiger partial charge in [-0.1, -0.05) is 0 Å². The molecule has 17 heavy (non-hydrogen) atoms. The molecule has 5 nitrogen and oxygen atoms in total. The summed E-state index contributed by atoms with van der Waals surface area (Å²) in [6.07, 6.45) is 2.79. The van der Waals surface area contributed by atoms with Gasteiger partial charge in [0, 0.05) is 13.2 Å². The number of ether oxygens (including phenoxy) is 1. The van der Waals surface area contributed by atoms with Crippen LogP contribution in [0.1, 0.15) is 25.7 Å². The molecular formula is C12H22N2O3. The van der Waals surface area contributed by atoms with E-state index in [-0.39, 0.29) is 23.5 Å². The van der Waals surface area contributed by atoms with E-state index in [4.69, 9.17) is 4.74 Å². The van der Waals surface area contributed by atoms with Gasteiger partial charge in [-0.25, -0.2) is 0 Å². The third-order valence-corrected chi connectivity index (χ3v) is 3.91. The van der Waals surface area contributed by atoms with Crippen LogP contribution in [0, 0.1) is 5.41 Å². The SMILES string of the molecule is COCC1(C(=O)NC2CC(O)C2)CCNCC1. The molecule has 2 rings (SSSR count). The number of carbonyl (C=O) groups excluding carboxylic acids is 1. The number of hydrogen-bond acceptors (Lipinski definition) is 4. The van der Waals surface area contributed by atoms with Gasteiger partial charge in [-0.2, -0.15) is 0 Å². The van der Waals surface area contributed by atoms with E-state index in [9.17, 15) is 9.90 Å². The van der Waals surface area contributed by atoms with Gasteiger partial charge < -0.3 is 20.5 Å². The van der Waals surface area contributed by atoms with E-state index in [2.05, 4.69) is 10.6 Å². The van der Waals surface area contributed by atoms with Crippen LogP contribution in [0.25, 0.3) is 0 Å². The Morgan fingerprint density at radius 1 is 1.47 bits per heavy atom. The minimum Gasteiger partial charge on any atom is -0.393 e. The number of rotatable bonds is 4. The summed E-state index contributed by atoms with van der Waals surface area (Å²) >= 11 is 0. The van der Waals surface area contributed by atoms with Gasteiger partial charge in [0.2, 0.25) is 5.91 Å². The van der Waals surface area contributed by atoms with Gasteiger partial charge in [-0.05, 0) is 38.8 Å². The second-order valence-electron chi connectivity index (χ2n) is 5.26. The minimum absolute atomic E-state index is 0.0951. The van der Waals surface area contributed by atoms with E-state index >= 15 is 0 Å². The number of aliphatic hydroxyl groups excluding tert-OH is 1. The summed E-state index contributed by atoms with van der Waals surface area (Å²) in [5.41, 5.74) is -0.374. The molecule has 0 unspecified atom stereocenters. The lowest BCUT2D eigenvalue weighted by molar-refractivity contribution is -0.138. The van der Waals surface area contributed by atoms with E-state index in [1.54, 1.807) is 7.11 Å². The van der Waals surface area contributed by atoms with E-state index in [0.29, 0.717) is 19.4 Å². The molecule has 5 heteroatoms. The predicted octanol–water partition coefficient (Wildman–Crippen LogP) is -0.358.